The van der Waals surface area contributed by atoms with Gasteiger partial charge in [0.25, 0.3) is 0 Å². The van der Waals surface area contributed by atoms with Crippen LogP contribution in [0.25, 0.3) is 0 Å². The Labute approximate surface area is 129 Å². The van der Waals surface area contributed by atoms with Crippen LogP contribution < -0.4 is 5.32 Å². The molecule has 0 aliphatic heterocycles. The molecule has 0 amide bonds. The molecule has 0 heterocycles. The number of hydrogen-bond acceptors (Lipinski definition) is 1. The van der Waals surface area contributed by atoms with Crippen LogP contribution in [-0.4, -0.2) is 6.54 Å². The lowest BCUT2D eigenvalue weighted by Crippen LogP contribution is -2.28. The monoisotopic (exact) mass is 283 g/mol. The van der Waals surface area contributed by atoms with Crippen molar-refractivity contribution in [1.29, 1.82) is 0 Å². The highest BCUT2D eigenvalue weighted by molar-refractivity contribution is 5.29. The van der Waals surface area contributed by atoms with Crippen molar-refractivity contribution in [2.45, 2.75) is 63.8 Å². The van der Waals surface area contributed by atoms with Gasteiger partial charge in [0.15, 0.2) is 0 Å². The van der Waals surface area contributed by atoms with Crippen LogP contribution in [0.1, 0.15) is 75.0 Å². The zero-order valence-corrected chi connectivity index (χ0v) is 13.4. The molecule has 0 spiro atoms. The second-order valence-electron chi connectivity index (χ2n) is 7.71. The predicted octanol–water partition coefficient (Wildman–Crippen LogP) is 5.04. The summed E-state index contributed by atoms with van der Waals surface area (Å²) in [6.07, 6.45) is 9.93. The Balaban J connectivity index is 1.48. The van der Waals surface area contributed by atoms with Crippen LogP contribution >= 0.6 is 0 Å². The molecule has 114 valence electrons. The molecule has 1 heteroatoms. The van der Waals surface area contributed by atoms with E-state index < -0.39 is 0 Å². The summed E-state index contributed by atoms with van der Waals surface area (Å²) in [5.41, 5.74) is 3.12. The number of nitrogens with one attached hydrogen (secondary N) is 1. The molecule has 0 aromatic heterocycles. The minimum atomic E-state index is 0.605. The lowest BCUT2D eigenvalue weighted by Gasteiger charge is -2.29. The first-order chi connectivity index (χ1) is 10.3. The van der Waals surface area contributed by atoms with E-state index in [4.69, 9.17) is 0 Å². The smallest absolute Gasteiger partial charge is 0.0348 e. The first-order valence-corrected chi connectivity index (χ1v) is 9.18. The molecule has 3 aliphatic carbocycles. The van der Waals surface area contributed by atoms with Gasteiger partial charge in [-0.2, -0.15) is 0 Å². The zero-order chi connectivity index (χ0) is 14.2. The standard InChI is InChI=1S/C20H29N/c1-2-10-21-20(19-12-17-11-18(17)13-19)16-8-6-15(7-9-16)14-4-3-5-14/h6-9,14,17-21H,2-5,10-13H2,1H3. The summed E-state index contributed by atoms with van der Waals surface area (Å²) >= 11 is 0. The van der Waals surface area contributed by atoms with Gasteiger partial charge in [0, 0.05) is 6.04 Å². The molecular weight excluding hydrogens is 254 g/mol. The molecule has 3 atom stereocenters. The third-order valence-corrected chi connectivity index (χ3v) is 6.24. The number of benzene rings is 1. The van der Waals surface area contributed by atoms with Gasteiger partial charge >= 0.3 is 0 Å². The zero-order valence-electron chi connectivity index (χ0n) is 13.4. The highest BCUT2D eigenvalue weighted by atomic mass is 14.9. The number of fused-ring (bicyclic) bond motifs is 1. The molecule has 3 fully saturated rings. The number of rotatable bonds is 6. The molecule has 3 saturated carbocycles. The van der Waals surface area contributed by atoms with Crippen molar-refractivity contribution in [3.63, 3.8) is 0 Å². The maximum atomic E-state index is 3.85. The van der Waals surface area contributed by atoms with E-state index in [2.05, 4.69) is 36.5 Å². The van der Waals surface area contributed by atoms with E-state index in [0.29, 0.717) is 6.04 Å². The van der Waals surface area contributed by atoms with Crippen molar-refractivity contribution in [2.24, 2.45) is 17.8 Å². The Hall–Kier alpha value is -0.820. The van der Waals surface area contributed by atoms with Gasteiger partial charge in [0.2, 0.25) is 0 Å². The Morgan fingerprint density at radius 2 is 1.76 bits per heavy atom. The molecule has 1 nitrogen and oxygen atoms in total. The summed E-state index contributed by atoms with van der Waals surface area (Å²) in [5.74, 6) is 3.90. The second-order valence-corrected chi connectivity index (χ2v) is 7.71. The first kappa shape index (κ1) is 13.8. The van der Waals surface area contributed by atoms with E-state index in [9.17, 15) is 0 Å². The maximum Gasteiger partial charge on any atom is 0.0348 e. The van der Waals surface area contributed by atoms with Crippen LogP contribution in [-0.2, 0) is 0 Å². The molecule has 1 aromatic rings. The van der Waals surface area contributed by atoms with Crippen LogP contribution in [0.15, 0.2) is 24.3 Å². The summed E-state index contributed by atoms with van der Waals surface area (Å²) in [4.78, 5) is 0. The average molecular weight is 283 g/mol. The minimum Gasteiger partial charge on any atom is -0.310 e. The van der Waals surface area contributed by atoms with E-state index in [1.165, 1.54) is 50.5 Å². The molecule has 1 aromatic carbocycles. The van der Waals surface area contributed by atoms with Crippen LogP contribution in [0, 0.1) is 17.8 Å². The van der Waals surface area contributed by atoms with E-state index in [1.54, 1.807) is 5.56 Å². The fourth-order valence-corrected chi connectivity index (χ4v) is 4.61. The summed E-state index contributed by atoms with van der Waals surface area (Å²) in [5, 5.41) is 3.85. The Kier molecular flexibility index (Phi) is 3.79. The van der Waals surface area contributed by atoms with Crippen molar-refractivity contribution in [3.05, 3.63) is 35.4 Å². The second kappa shape index (κ2) is 5.76. The van der Waals surface area contributed by atoms with Crippen molar-refractivity contribution < 1.29 is 0 Å². The van der Waals surface area contributed by atoms with E-state index in [-0.39, 0.29) is 0 Å². The minimum absolute atomic E-state index is 0.605. The van der Waals surface area contributed by atoms with E-state index in [0.717, 1.165) is 30.2 Å². The maximum absolute atomic E-state index is 3.85. The van der Waals surface area contributed by atoms with E-state index in [1.807, 2.05) is 0 Å². The average Bonchev–Trinajstić information content (AvgIpc) is 3.06. The Bertz CT molecular complexity index is 463. The molecule has 0 bridgehead atoms. The Morgan fingerprint density at radius 1 is 1.05 bits per heavy atom. The highest BCUT2D eigenvalue weighted by Gasteiger charge is 2.47. The van der Waals surface area contributed by atoms with Crippen molar-refractivity contribution in [1.82, 2.24) is 5.32 Å². The van der Waals surface area contributed by atoms with Gasteiger partial charge in [-0.25, -0.2) is 0 Å². The Morgan fingerprint density at radius 3 is 2.33 bits per heavy atom. The molecule has 0 radical (unpaired) electrons. The molecular formula is C20H29N. The third-order valence-electron chi connectivity index (χ3n) is 6.24. The molecule has 3 unspecified atom stereocenters. The molecule has 3 aliphatic rings. The first-order valence-electron chi connectivity index (χ1n) is 9.18. The normalized spacial score (nSPS) is 32.5. The summed E-state index contributed by atoms with van der Waals surface area (Å²) < 4.78 is 0. The van der Waals surface area contributed by atoms with Crippen LogP contribution in [0.4, 0.5) is 0 Å². The van der Waals surface area contributed by atoms with E-state index >= 15 is 0 Å². The van der Waals surface area contributed by atoms with Gasteiger partial charge in [0.05, 0.1) is 0 Å². The van der Waals surface area contributed by atoms with Crippen molar-refractivity contribution in [3.8, 4) is 0 Å². The van der Waals surface area contributed by atoms with Gasteiger partial charge in [-0.3, -0.25) is 0 Å². The lowest BCUT2D eigenvalue weighted by atomic mass is 9.79. The van der Waals surface area contributed by atoms with Crippen LogP contribution in [0.2, 0.25) is 0 Å². The molecule has 21 heavy (non-hydrogen) atoms. The van der Waals surface area contributed by atoms with Gasteiger partial charge in [-0.15, -0.1) is 0 Å². The molecule has 4 rings (SSSR count). The third kappa shape index (κ3) is 2.77. The lowest BCUT2D eigenvalue weighted by molar-refractivity contribution is 0.341. The number of hydrogen-bond donors (Lipinski definition) is 1. The molecule has 0 saturated heterocycles. The largest absolute Gasteiger partial charge is 0.310 e. The fourth-order valence-electron chi connectivity index (χ4n) is 4.61. The topological polar surface area (TPSA) is 12.0 Å². The van der Waals surface area contributed by atoms with Crippen LogP contribution in [0.3, 0.4) is 0 Å². The fraction of sp³-hybridized carbons (Fsp3) is 0.700. The molecule has 1 N–H and O–H groups in total. The van der Waals surface area contributed by atoms with Gasteiger partial charge in [-0.1, -0.05) is 37.6 Å². The quantitative estimate of drug-likeness (QED) is 0.771. The summed E-state index contributed by atoms with van der Waals surface area (Å²) in [6, 6.07) is 10.3. The van der Waals surface area contributed by atoms with Crippen LogP contribution in [0.5, 0.6) is 0 Å². The highest BCUT2D eigenvalue weighted by Crippen LogP contribution is 2.57. The SMILES string of the molecule is CCCNC(c1ccc(C2CCC2)cc1)C1CC2CC2C1. The summed E-state index contributed by atoms with van der Waals surface area (Å²) in [6.45, 7) is 3.43. The predicted molar refractivity (Wildman–Crippen MR) is 88.4 cm³/mol. The van der Waals surface area contributed by atoms with Gasteiger partial charge in [0.1, 0.15) is 0 Å². The van der Waals surface area contributed by atoms with Gasteiger partial charge < -0.3 is 5.32 Å². The van der Waals surface area contributed by atoms with Gasteiger partial charge in [-0.05, 0) is 79.9 Å². The van der Waals surface area contributed by atoms with Crippen molar-refractivity contribution in [2.75, 3.05) is 6.54 Å². The van der Waals surface area contributed by atoms with Crippen molar-refractivity contribution >= 4 is 0 Å². The summed E-state index contributed by atoms with van der Waals surface area (Å²) in [7, 11) is 0.